The predicted octanol–water partition coefficient (Wildman–Crippen LogP) is 0.958. The molecule has 7 nitrogen and oxygen atoms in total. The third kappa shape index (κ3) is 3.62. The topological polar surface area (TPSA) is 67.8 Å². The molecule has 0 aliphatic carbocycles. The van der Waals surface area contributed by atoms with Crippen LogP contribution in [0.2, 0.25) is 0 Å². The van der Waals surface area contributed by atoms with Gasteiger partial charge in [0.15, 0.2) is 0 Å². The summed E-state index contributed by atoms with van der Waals surface area (Å²) in [5.41, 5.74) is -0.0173. The van der Waals surface area contributed by atoms with Crippen molar-refractivity contribution in [3.8, 4) is 0 Å². The maximum Gasteiger partial charge on any atom is 0.225 e. The predicted molar refractivity (Wildman–Crippen MR) is 92.2 cm³/mol. The molecule has 1 amide bonds. The highest BCUT2D eigenvalue weighted by Gasteiger charge is 2.43. The van der Waals surface area contributed by atoms with Crippen LogP contribution >= 0.6 is 0 Å². The van der Waals surface area contributed by atoms with Gasteiger partial charge in [0.1, 0.15) is 0 Å². The van der Waals surface area contributed by atoms with Crippen molar-refractivity contribution >= 4 is 11.9 Å². The first kappa shape index (κ1) is 16.7. The Balaban J connectivity index is 1.45. The van der Waals surface area contributed by atoms with E-state index in [-0.39, 0.29) is 17.2 Å². The lowest BCUT2D eigenvalue weighted by Gasteiger charge is -2.34. The van der Waals surface area contributed by atoms with Gasteiger partial charge in [-0.05, 0) is 25.3 Å². The minimum atomic E-state index is -0.0173. The zero-order chi connectivity index (χ0) is 17.1. The third-order valence-electron chi connectivity index (χ3n) is 5.60. The van der Waals surface area contributed by atoms with Gasteiger partial charge in [0.05, 0.1) is 13.2 Å². The molecular weight excluding hydrogens is 320 g/mol. The summed E-state index contributed by atoms with van der Waals surface area (Å²) in [7, 11) is 0. The minimum absolute atomic E-state index is 0.0173. The lowest BCUT2D eigenvalue weighted by Crippen LogP contribution is -2.46. The van der Waals surface area contributed by atoms with E-state index >= 15 is 0 Å². The fraction of sp³-hybridized carbons (Fsp3) is 0.722. The maximum absolute atomic E-state index is 13.0. The van der Waals surface area contributed by atoms with E-state index in [2.05, 4.69) is 14.9 Å². The molecule has 4 heterocycles. The number of aromatic nitrogens is 2. The molecule has 0 aromatic carbocycles. The monoisotopic (exact) mass is 346 g/mol. The largest absolute Gasteiger partial charge is 0.381 e. The second-order valence-corrected chi connectivity index (χ2v) is 7.42. The molecule has 3 fully saturated rings. The Morgan fingerprint density at radius 2 is 1.88 bits per heavy atom. The molecule has 25 heavy (non-hydrogen) atoms. The maximum atomic E-state index is 13.0. The van der Waals surface area contributed by atoms with Crippen molar-refractivity contribution in [2.45, 2.75) is 19.3 Å². The van der Waals surface area contributed by atoms with Crippen molar-refractivity contribution in [1.29, 1.82) is 0 Å². The Morgan fingerprint density at radius 3 is 2.68 bits per heavy atom. The number of carbonyl (C=O) groups excluding carboxylic acids is 1. The quantitative estimate of drug-likeness (QED) is 0.795. The third-order valence-corrected chi connectivity index (χ3v) is 5.60. The van der Waals surface area contributed by atoms with Crippen molar-refractivity contribution in [2.24, 2.45) is 11.3 Å². The van der Waals surface area contributed by atoms with Crippen LogP contribution in [0.4, 0.5) is 5.95 Å². The van der Waals surface area contributed by atoms with Crippen LogP contribution in [0.25, 0.3) is 0 Å². The van der Waals surface area contributed by atoms with Crippen molar-refractivity contribution in [1.82, 2.24) is 14.9 Å². The summed E-state index contributed by atoms with van der Waals surface area (Å²) >= 11 is 0. The Labute approximate surface area is 148 Å². The summed E-state index contributed by atoms with van der Waals surface area (Å²) in [6, 6.07) is 1.83. The standard InChI is InChI=1S/C18H26N4O3/c23-16(15-2-9-24-10-3-15)21-8-11-25-14-18(12-21)4-7-22(13-18)17-19-5-1-6-20-17/h1,5-6,15H,2-4,7-14H2/t18-/m1/s1. The number of anilines is 1. The van der Waals surface area contributed by atoms with Gasteiger partial charge in [-0.3, -0.25) is 4.79 Å². The molecule has 1 spiro atoms. The average molecular weight is 346 g/mol. The smallest absolute Gasteiger partial charge is 0.225 e. The molecule has 4 rings (SSSR count). The summed E-state index contributed by atoms with van der Waals surface area (Å²) in [5, 5.41) is 0. The van der Waals surface area contributed by atoms with Gasteiger partial charge in [0.25, 0.3) is 0 Å². The van der Waals surface area contributed by atoms with Gasteiger partial charge in [0.2, 0.25) is 11.9 Å². The SMILES string of the molecule is O=C(C1CCOCC1)N1CCOC[C@]2(CCN(c3ncccn3)C2)C1. The van der Waals surface area contributed by atoms with Crippen LogP contribution in [0.3, 0.4) is 0 Å². The van der Waals surface area contributed by atoms with Crippen LogP contribution in [0.15, 0.2) is 18.5 Å². The molecule has 1 atom stereocenters. The Hall–Kier alpha value is -1.73. The number of hydrogen-bond acceptors (Lipinski definition) is 6. The highest BCUT2D eigenvalue weighted by Crippen LogP contribution is 2.35. The minimum Gasteiger partial charge on any atom is -0.381 e. The number of amides is 1. The van der Waals surface area contributed by atoms with E-state index in [0.29, 0.717) is 33.0 Å². The first-order chi connectivity index (χ1) is 12.3. The van der Waals surface area contributed by atoms with E-state index in [1.165, 1.54) is 0 Å². The van der Waals surface area contributed by atoms with E-state index in [0.717, 1.165) is 44.8 Å². The summed E-state index contributed by atoms with van der Waals surface area (Å²) in [6.07, 6.45) is 6.24. The van der Waals surface area contributed by atoms with Crippen LogP contribution in [-0.2, 0) is 14.3 Å². The van der Waals surface area contributed by atoms with E-state index in [4.69, 9.17) is 9.47 Å². The molecule has 3 saturated heterocycles. The molecule has 3 aliphatic rings. The van der Waals surface area contributed by atoms with Gasteiger partial charge in [-0.1, -0.05) is 0 Å². The summed E-state index contributed by atoms with van der Waals surface area (Å²) in [6.45, 7) is 5.94. The second kappa shape index (κ2) is 7.25. The van der Waals surface area contributed by atoms with Gasteiger partial charge >= 0.3 is 0 Å². The van der Waals surface area contributed by atoms with Crippen LogP contribution < -0.4 is 4.90 Å². The molecule has 0 N–H and O–H groups in total. The van der Waals surface area contributed by atoms with Crippen LogP contribution in [-0.4, -0.2) is 73.4 Å². The molecule has 0 bridgehead atoms. The number of carbonyl (C=O) groups is 1. The van der Waals surface area contributed by atoms with E-state index in [9.17, 15) is 4.79 Å². The Morgan fingerprint density at radius 1 is 1.08 bits per heavy atom. The Kier molecular flexibility index (Phi) is 4.85. The molecule has 0 saturated carbocycles. The number of nitrogens with zero attached hydrogens (tertiary/aromatic N) is 4. The molecular formula is C18H26N4O3. The summed E-state index contributed by atoms with van der Waals surface area (Å²) in [4.78, 5) is 26.0. The first-order valence-electron chi connectivity index (χ1n) is 9.22. The van der Waals surface area contributed by atoms with Crippen molar-refractivity contribution < 1.29 is 14.3 Å². The molecule has 1 aromatic rings. The van der Waals surface area contributed by atoms with E-state index in [1.54, 1.807) is 12.4 Å². The molecule has 136 valence electrons. The highest BCUT2D eigenvalue weighted by molar-refractivity contribution is 5.79. The van der Waals surface area contributed by atoms with Crippen LogP contribution in [0, 0.1) is 11.3 Å². The van der Waals surface area contributed by atoms with Gasteiger partial charge < -0.3 is 19.3 Å². The van der Waals surface area contributed by atoms with Crippen LogP contribution in [0.5, 0.6) is 0 Å². The number of rotatable bonds is 2. The molecule has 0 unspecified atom stereocenters. The van der Waals surface area contributed by atoms with E-state index < -0.39 is 0 Å². The van der Waals surface area contributed by atoms with Crippen molar-refractivity contribution in [3.05, 3.63) is 18.5 Å². The zero-order valence-electron chi connectivity index (χ0n) is 14.6. The van der Waals surface area contributed by atoms with E-state index in [1.807, 2.05) is 11.0 Å². The van der Waals surface area contributed by atoms with Gasteiger partial charge in [-0.15, -0.1) is 0 Å². The summed E-state index contributed by atoms with van der Waals surface area (Å²) in [5.74, 6) is 1.16. The molecule has 7 heteroatoms. The Bertz CT molecular complexity index is 593. The fourth-order valence-corrected chi connectivity index (χ4v) is 4.19. The van der Waals surface area contributed by atoms with Gasteiger partial charge in [0, 0.05) is 63.1 Å². The van der Waals surface area contributed by atoms with Gasteiger partial charge in [-0.2, -0.15) is 0 Å². The normalized spacial score (nSPS) is 28.3. The fourth-order valence-electron chi connectivity index (χ4n) is 4.19. The number of hydrogen-bond donors (Lipinski definition) is 0. The van der Waals surface area contributed by atoms with Crippen molar-refractivity contribution in [2.75, 3.05) is 57.5 Å². The van der Waals surface area contributed by atoms with Gasteiger partial charge in [-0.25, -0.2) is 9.97 Å². The lowest BCUT2D eigenvalue weighted by atomic mass is 9.87. The average Bonchev–Trinajstić information content (AvgIpc) is 2.97. The lowest BCUT2D eigenvalue weighted by molar-refractivity contribution is -0.139. The highest BCUT2D eigenvalue weighted by atomic mass is 16.5. The molecule has 0 radical (unpaired) electrons. The second-order valence-electron chi connectivity index (χ2n) is 7.42. The zero-order valence-corrected chi connectivity index (χ0v) is 14.6. The first-order valence-corrected chi connectivity index (χ1v) is 9.22. The molecule has 1 aromatic heterocycles. The van der Waals surface area contributed by atoms with Crippen LogP contribution in [0.1, 0.15) is 19.3 Å². The van der Waals surface area contributed by atoms with Crippen molar-refractivity contribution in [3.63, 3.8) is 0 Å². The summed E-state index contributed by atoms with van der Waals surface area (Å²) < 4.78 is 11.3. The molecule has 3 aliphatic heterocycles. The number of ether oxygens (including phenoxy) is 2.